The van der Waals surface area contributed by atoms with Crippen molar-refractivity contribution < 1.29 is 9.47 Å². The molecule has 1 atom stereocenters. The molecule has 30 heavy (non-hydrogen) atoms. The molecule has 0 aliphatic carbocycles. The first kappa shape index (κ1) is 22.1. The molecule has 2 aromatic rings. The second-order valence-corrected chi connectivity index (χ2v) is 7.57. The molecule has 0 radical (unpaired) electrons. The summed E-state index contributed by atoms with van der Waals surface area (Å²) in [5.74, 6) is 2.12. The lowest BCUT2D eigenvalue weighted by molar-refractivity contribution is 0.0322. The highest BCUT2D eigenvalue weighted by Crippen LogP contribution is 2.14. The molecule has 2 N–H and O–H groups in total. The molecule has 3 rings (SSSR count). The van der Waals surface area contributed by atoms with Gasteiger partial charge in [-0.05, 0) is 29.2 Å². The first-order valence-corrected chi connectivity index (χ1v) is 10.8. The topological polar surface area (TPSA) is 58.1 Å². The summed E-state index contributed by atoms with van der Waals surface area (Å²) in [6.45, 7) is 8.98. The van der Waals surface area contributed by atoms with Crippen molar-refractivity contribution in [2.45, 2.75) is 19.4 Å². The van der Waals surface area contributed by atoms with Crippen molar-refractivity contribution in [1.29, 1.82) is 0 Å². The predicted molar refractivity (Wildman–Crippen MR) is 122 cm³/mol. The lowest BCUT2D eigenvalue weighted by Crippen LogP contribution is -2.38. The Morgan fingerprint density at radius 2 is 1.90 bits per heavy atom. The maximum Gasteiger partial charge on any atom is 0.191 e. The van der Waals surface area contributed by atoms with Gasteiger partial charge >= 0.3 is 0 Å². The molecule has 6 heteroatoms. The Kier molecular flexibility index (Phi) is 9.00. The average molecular weight is 411 g/mol. The minimum atomic E-state index is 0.410. The van der Waals surface area contributed by atoms with Gasteiger partial charge in [-0.15, -0.1) is 0 Å². The summed E-state index contributed by atoms with van der Waals surface area (Å²) in [4.78, 5) is 6.72. The SMILES string of the molecule is CN=C(NCc1cccc(OCCN2CCOCC2)c1)NCC(C)c1ccccc1. The molecule has 0 bridgehead atoms. The Labute approximate surface area is 180 Å². The number of guanidine groups is 1. The molecule has 1 heterocycles. The fourth-order valence-corrected chi connectivity index (χ4v) is 3.42. The Balaban J connectivity index is 1.41. The van der Waals surface area contributed by atoms with Gasteiger partial charge in [0.1, 0.15) is 12.4 Å². The van der Waals surface area contributed by atoms with Crippen LogP contribution in [0.1, 0.15) is 24.0 Å². The molecule has 1 aliphatic heterocycles. The van der Waals surface area contributed by atoms with Crippen LogP contribution in [0.2, 0.25) is 0 Å². The third kappa shape index (κ3) is 7.35. The van der Waals surface area contributed by atoms with Crippen LogP contribution in [0.15, 0.2) is 59.6 Å². The Morgan fingerprint density at radius 1 is 1.10 bits per heavy atom. The van der Waals surface area contributed by atoms with E-state index in [1.165, 1.54) is 5.56 Å². The summed E-state index contributed by atoms with van der Waals surface area (Å²) in [5, 5.41) is 6.80. The van der Waals surface area contributed by atoms with E-state index in [0.29, 0.717) is 19.1 Å². The first-order valence-electron chi connectivity index (χ1n) is 10.8. The van der Waals surface area contributed by atoms with Gasteiger partial charge in [0.05, 0.1) is 13.2 Å². The minimum Gasteiger partial charge on any atom is -0.492 e. The quantitative estimate of drug-likeness (QED) is 0.492. The standard InChI is InChI=1S/C24H34N4O2/c1-20(22-8-4-3-5-9-22)18-26-24(25-2)27-19-21-7-6-10-23(17-21)30-16-13-28-11-14-29-15-12-28/h3-10,17,20H,11-16,18-19H2,1-2H3,(H2,25,26,27). The number of ether oxygens (including phenoxy) is 2. The summed E-state index contributed by atoms with van der Waals surface area (Å²) in [6.07, 6.45) is 0. The van der Waals surface area contributed by atoms with Crippen LogP contribution in [-0.4, -0.2) is 63.9 Å². The molecule has 0 aromatic heterocycles. The van der Waals surface area contributed by atoms with Gasteiger partial charge in [-0.1, -0.05) is 49.4 Å². The third-order valence-electron chi connectivity index (χ3n) is 5.31. The molecular formula is C24H34N4O2. The Bertz CT molecular complexity index is 776. The number of hydrogen-bond donors (Lipinski definition) is 2. The van der Waals surface area contributed by atoms with E-state index in [2.05, 4.69) is 63.8 Å². The number of benzene rings is 2. The van der Waals surface area contributed by atoms with E-state index in [1.807, 2.05) is 18.2 Å². The first-order chi connectivity index (χ1) is 14.7. The van der Waals surface area contributed by atoms with E-state index in [4.69, 9.17) is 9.47 Å². The zero-order valence-electron chi connectivity index (χ0n) is 18.1. The molecule has 6 nitrogen and oxygen atoms in total. The fourth-order valence-electron chi connectivity index (χ4n) is 3.42. The number of aliphatic imine (C=N–C) groups is 1. The second kappa shape index (κ2) is 12.2. The molecule has 1 aliphatic rings. The van der Waals surface area contributed by atoms with Gasteiger partial charge in [-0.3, -0.25) is 9.89 Å². The highest BCUT2D eigenvalue weighted by atomic mass is 16.5. The van der Waals surface area contributed by atoms with E-state index in [1.54, 1.807) is 7.05 Å². The van der Waals surface area contributed by atoms with Crippen molar-refractivity contribution in [2.24, 2.45) is 4.99 Å². The Hall–Kier alpha value is -2.57. The molecule has 0 saturated carbocycles. The number of morpholine rings is 1. The van der Waals surface area contributed by atoms with Gasteiger partial charge in [-0.25, -0.2) is 0 Å². The fraction of sp³-hybridized carbons (Fsp3) is 0.458. The summed E-state index contributed by atoms with van der Waals surface area (Å²) in [6, 6.07) is 18.8. The highest BCUT2D eigenvalue weighted by molar-refractivity contribution is 5.79. The normalized spacial score (nSPS) is 16.1. The van der Waals surface area contributed by atoms with Crippen molar-refractivity contribution in [3.05, 3.63) is 65.7 Å². The summed E-state index contributed by atoms with van der Waals surface area (Å²) >= 11 is 0. The van der Waals surface area contributed by atoms with Crippen molar-refractivity contribution in [2.75, 3.05) is 53.0 Å². The maximum atomic E-state index is 5.95. The van der Waals surface area contributed by atoms with Crippen molar-refractivity contribution in [1.82, 2.24) is 15.5 Å². The van der Waals surface area contributed by atoms with Gasteiger partial charge in [0, 0.05) is 39.8 Å². The van der Waals surface area contributed by atoms with Crippen LogP contribution in [0.25, 0.3) is 0 Å². The molecule has 1 unspecified atom stereocenters. The van der Waals surface area contributed by atoms with Crippen molar-refractivity contribution in [3.8, 4) is 5.75 Å². The zero-order valence-corrected chi connectivity index (χ0v) is 18.1. The molecule has 1 fully saturated rings. The van der Waals surface area contributed by atoms with Crippen LogP contribution < -0.4 is 15.4 Å². The van der Waals surface area contributed by atoms with Gasteiger partial charge < -0.3 is 20.1 Å². The molecule has 162 valence electrons. The van der Waals surface area contributed by atoms with Crippen LogP contribution in [-0.2, 0) is 11.3 Å². The number of nitrogens with one attached hydrogen (secondary N) is 2. The maximum absolute atomic E-state index is 5.95. The van der Waals surface area contributed by atoms with Crippen LogP contribution in [0.5, 0.6) is 5.75 Å². The molecular weight excluding hydrogens is 376 g/mol. The minimum absolute atomic E-state index is 0.410. The molecule has 2 aromatic carbocycles. The average Bonchev–Trinajstić information content (AvgIpc) is 2.80. The van der Waals surface area contributed by atoms with E-state index in [0.717, 1.165) is 56.7 Å². The van der Waals surface area contributed by atoms with Gasteiger partial charge in [0.2, 0.25) is 0 Å². The van der Waals surface area contributed by atoms with E-state index >= 15 is 0 Å². The van der Waals surface area contributed by atoms with Gasteiger partial charge in [0.15, 0.2) is 5.96 Å². The Morgan fingerprint density at radius 3 is 2.67 bits per heavy atom. The van der Waals surface area contributed by atoms with Crippen LogP contribution >= 0.6 is 0 Å². The molecule has 1 saturated heterocycles. The molecule has 0 spiro atoms. The second-order valence-electron chi connectivity index (χ2n) is 7.57. The van der Waals surface area contributed by atoms with Gasteiger partial charge in [-0.2, -0.15) is 0 Å². The van der Waals surface area contributed by atoms with E-state index in [-0.39, 0.29) is 0 Å². The zero-order chi connectivity index (χ0) is 21.0. The summed E-state index contributed by atoms with van der Waals surface area (Å²) in [7, 11) is 1.80. The van der Waals surface area contributed by atoms with Crippen molar-refractivity contribution >= 4 is 5.96 Å². The van der Waals surface area contributed by atoms with E-state index < -0.39 is 0 Å². The summed E-state index contributed by atoms with van der Waals surface area (Å²) in [5.41, 5.74) is 2.49. The number of nitrogens with zero attached hydrogens (tertiary/aromatic N) is 2. The molecule has 0 amide bonds. The number of hydrogen-bond acceptors (Lipinski definition) is 4. The number of rotatable bonds is 9. The predicted octanol–water partition coefficient (Wildman–Crippen LogP) is 2.87. The van der Waals surface area contributed by atoms with Crippen LogP contribution in [0.4, 0.5) is 0 Å². The van der Waals surface area contributed by atoms with Crippen LogP contribution in [0.3, 0.4) is 0 Å². The van der Waals surface area contributed by atoms with Gasteiger partial charge in [0.25, 0.3) is 0 Å². The lowest BCUT2D eigenvalue weighted by Gasteiger charge is -2.26. The largest absolute Gasteiger partial charge is 0.492 e. The highest BCUT2D eigenvalue weighted by Gasteiger charge is 2.10. The van der Waals surface area contributed by atoms with Crippen molar-refractivity contribution in [3.63, 3.8) is 0 Å². The third-order valence-corrected chi connectivity index (χ3v) is 5.31. The smallest absolute Gasteiger partial charge is 0.191 e. The van der Waals surface area contributed by atoms with E-state index in [9.17, 15) is 0 Å². The van der Waals surface area contributed by atoms with Crippen LogP contribution in [0, 0.1) is 0 Å². The lowest BCUT2D eigenvalue weighted by atomic mass is 10.0. The summed E-state index contributed by atoms with van der Waals surface area (Å²) < 4.78 is 11.3. The monoisotopic (exact) mass is 410 g/mol.